The summed E-state index contributed by atoms with van der Waals surface area (Å²) in [4.78, 5) is 19.3. The van der Waals surface area contributed by atoms with Crippen LogP contribution in [0.1, 0.15) is 57.2 Å². The number of carbonyl (C=O) groups excluding carboxylic acids is 1. The fourth-order valence-corrected chi connectivity index (χ4v) is 4.55. The maximum atomic E-state index is 12.6. The average molecular weight is 385 g/mol. The van der Waals surface area contributed by atoms with E-state index < -0.39 is 0 Å². The summed E-state index contributed by atoms with van der Waals surface area (Å²) >= 11 is 1.46. The van der Waals surface area contributed by atoms with Crippen LogP contribution in [0, 0.1) is 5.92 Å². The van der Waals surface area contributed by atoms with Gasteiger partial charge in [-0.25, -0.2) is 9.67 Å². The lowest BCUT2D eigenvalue weighted by molar-refractivity contribution is -0.129. The van der Waals surface area contributed by atoms with E-state index in [1.54, 1.807) is 0 Å². The predicted molar refractivity (Wildman–Crippen MR) is 108 cm³/mol. The van der Waals surface area contributed by atoms with Crippen molar-refractivity contribution in [1.82, 2.24) is 19.7 Å². The first-order chi connectivity index (χ1) is 13.1. The Kier molecular flexibility index (Phi) is 5.53. The summed E-state index contributed by atoms with van der Waals surface area (Å²) in [5, 5.41) is 5.40. The van der Waals surface area contributed by atoms with Crippen molar-refractivity contribution in [3.05, 3.63) is 36.2 Å². The number of carbonyl (C=O) groups is 1. The maximum absolute atomic E-state index is 12.6. The number of amides is 1. The molecule has 27 heavy (non-hydrogen) atoms. The first-order valence-electron chi connectivity index (χ1n) is 10.0. The van der Waals surface area contributed by atoms with E-state index in [0.29, 0.717) is 22.9 Å². The second-order valence-electron chi connectivity index (χ2n) is 7.98. The average Bonchev–Trinajstić information content (AvgIpc) is 3.46. The van der Waals surface area contributed by atoms with Crippen molar-refractivity contribution in [1.29, 1.82) is 0 Å². The maximum Gasteiger partial charge on any atom is 0.233 e. The van der Waals surface area contributed by atoms with Gasteiger partial charge in [0.15, 0.2) is 0 Å². The molecule has 1 aromatic heterocycles. The Balaban J connectivity index is 1.40. The molecule has 2 aromatic rings. The molecule has 6 heteroatoms. The molecule has 2 aliphatic carbocycles. The van der Waals surface area contributed by atoms with E-state index in [1.165, 1.54) is 37.4 Å². The minimum absolute atomic E-state index is 0.184. The Morgan fingerprint density at radius 2 is 1.85 bits per heavy atom. The van der Waals surface area contributed by atoms with Crippen molar-refractivity contribution < 1.29 is 4.79 Å². The molecule has 1 aromatic carbocycles. The summed E-state index contributed by atoms with van der Waals surface area (Å²) in [7, 11) is 1.95. The van der Waals surface area contributed by atoms with Crippen LogP contribution in [0.25, 0.3) is 5.69 Å². The smallest absolute Gasteiger partial charge is 0.233 e. The summed E-state index contributed by atoms with van der Waals surface area (Å²) in [6, 6.07) is 10.5. The van der Waals surface area contributed by atoms with E-state index >= 15 is 0 Å². The molecule has 0 unspecified atom stereocenters. The topological polar surface area (TPSA) is 51.0 Å². The first kappa shape index (κ1) is 18.5. The van der Waals surface area contributed by atoms with Gasteiger partial charge in [-0.05, 0) is 56.6 Å². The highest BCUT2D eigenvalue weighted by Gasteiger charge is 2.31. The van der Waals surface area contributed by atoms with Crippen molar-refractivity contribution >= 4 is 17.7 Å². The van der Waals surface area contributed by atoms with Crippen LogP contribution in [0.5, 0.6) is 0 Å². The Morgan fingerprint density at radius 1 is 1.15 bits per heavy atom. The molecular weight excluding hydrogens is 356 g/mol. The van der Waals surface area contributed by atoms with Crippen LogP contribution >= 0.6 is 11.8 Å². The molecular formula is C21H28N4OS. The molecule has 0 N–H and O–H groups in total. The summed E-state index contributed by atoms with van der Waals surface area (Å²) < 4.78 is 1.96. The standard InChI is InChI=1S/C21H28N4OS/c1-15-8-12-17(13-9-15)24(2)19(26)14-27-21-22-20(16-10-11-16)25(23-21)18-6-4-3-5-7-18/h3-7,15-17H,8-14H2,1-2H3. The van der Waals surface area contributed by atoms with Crippen LogP contribution in [0.2, 0.25) is 0 Å². The Hall–Kier alpha value is -1.82. The molecule has 0 radical (unpaired) electrons. The molecule has 2 saturated carbocycles. The van der Waals surface area contributed by atoms with Crippen LogP contribution in [-0.2, 0) is 4.79 Å². The number of thioether (sulfide) groups is 1. The lowest BCUT2D eigenvalue weighted by Gasteiger charge is -2.33. The molecule has 0 atom stereocenters. The minimum Gasteiger partial charge on any atom is -0.342 e. The van der Waals surface area contributed by atoms with Crippen molar-refractivity contribution in [2.24, 2.45) is 5.92 Å². The van der Waals surface area contributed by atoms with Crippen LogP contribution in [0.4, 0.5) is 0 Å². The van der Waals surface area contributed by atoms with E-state index in [-0.39, 0.29) is 5.91 Å². The number of para-hydroxylation sites is 1. The van der Waals surface area contributed by atoms with E-state index in [0.717, 1.165) is 30.3 Å². The van der Waals surface area contributed by atoms with Gasteiger partial charge in [0.2, 0.25) is 11.1 Å². The number of nitrogens with zero attached hydrogens (tertiary/aromatic N) is 4. The van der Waals surface area contributed by atoms with Gasteiger partial charge in [-0.2, -0.15) is 0 Å². The lowest BCUT2D eigenvalue weighted by Crippen LogP contribution is -2.40. The predicted octanol–water partition coefficient (Wildman–Crippen LogP) is 4.27. The van der Waals surface area contributed by atoms with Gasteiger partial charge in [0, 0.05) is 19.0 Å². The summed E-state index contributed by atoms with van der Waals surface area (Å²) in [5.74, 6) is 2.93. The molecule has 2 fully saturated rings. The van der Waals surface area contributed by atoms with E-state index in [4.69, 9.17) is 10.1 Å². The molecule has 0 spiro atoms. The third kappa shape index (κ3) is 4.37. The third-order valence-electron chi connectivity index (χ3n) is 5.81. The zero-order valence-corrected chi connectivity index (χ0v) is 17.0. The van der Waals surface area contributed by atoms with E-state index in [1.807, 2.05) is 34.8 Å². The minimum atomic E-state index is 0.184. The zero-order chi connectivity index (χ0) is 18.8. The summed E-state index contributed by atoms with van der Waals surface area (Å²) in [6.07, 6.45) is 7.06. The van der Waals surface area contributed by atoms with Gasteiger partial charge in [0.05, 0.1) is 11.4 Å². The normalized spacial score (nSPS) is 22.6. The van der Waals surface area contributed by atoms with Crippen molar-refractivity contribution in [3.8, 4) is 5.69 Å². The fourth-order valence-electron chi connectivity index (χ4n) is 3.79. The van der Waals surface area contributed by atoms with Gasteiger partial charge in [-0.3, -0.25) is 4.79 Å². The van der Waals surface area contributed by atoms with Crippen molar-refractivity contribution in [2.45, 2.75) is 62.6 Å². The van der Waals surface area contributed by atoms with Gasteiger partial charge < -0.3 is 4.90 Å². The quantitative estimate of drug-likeness (QED) is 0.698. The molecule has 1 amide bonds. The van der Waals surface area contributed by atoms with E-state index in [9.17, 15) is 4.79 Å². The largest absolute Gasteiger partial charge is 0.342 e. The lowest BCUT2D eigenvalue weighted by atomic mass is 9.87. The Bertz CT molecular complexity index is 779. The van der Waals surface area contributed by atoms with Crippen LogP contribution in [-0.4, -0.2) is 44.4 Å². The fraction of sp³-hybridized carbons (Fsp3) is 0.571. The van der Waals surface area contributed by atoms with Gasteiger partial charge in [-0.15, -0.1) is 5.10 Å². The SMILES string of the molecule is CC1CCC(N(C)C(=O)CSc2nc(C3CC3)n(-c3ccccc3)n2)CC1. The number of hydrogen-bond donors (Lipinski definition) is 0. The Morgan fingerprint density at radius 3 is 2.52 bits per heavy atom. The molecule has 0 saturated heterocycles. The second kappa shape index (κ2) is 8.05. The molecule has 1 heterocycles. The van der Waals surface area contributed by atoms with E-state index in [2.05, 4.69) is 19.1 Å². The molecule has 0 aliphatic heterocycles. The van der Waals surface area contributed by atoms with Crippen molar-refractivity contribution in [2.75, 3.05) is 12.8 Å². The second-order valence-corrected chi connectivity index (χ2v) is 8.92. The van der Waals surface area contributed by atoms with Gasteiger partial charge in [0.25, 0.3) is 0 Å². The van der Waals surface area contributed by atoms with Gasteiger partial charge >= 0.3 is 0 Å². The molecule has 2 aliphatic rings. The van der Waals surface area contributed by atoms with Crippen LogP contribution < -0.4 is 0 Å². The van der Waals surface area contributed by atoms with Crippen molar-refractivity contribution in [3.63, 3.8) is 0 Å². The highest BCUT2D eigenvalue weighted by atomic mass is 32.2. The molecule has 0 bridgehead atoms. The number of aromatic nitrogens is 3. The monoisotopic (exact) mass is 384 g/mol. The highest BCUT2D eigenvalue weighted by Crippen LogP contribution is 2.40. The third-order valence-corrected chi connectivity index (χ3v) is 6.63. The number of benzene rings is 1. The van der Waals surface area contributed by atoms with Gasteiger partial charge in [0.1, 0.15) is 5.82 Å². The van der Waals surface area contributed by atoms with Gasteiger partial charge in [-0.1, -0.05) is 36.9 Å². The zero-order valence-electron chi connectivity index (χ0n) is 16.2. The molecule has 4 rings (SSSR count). The molecule has 5 nitrogen and oxygen atoms in total. The summed E-state index contributed by atoms with van der Waals surface area (Å²) in [5.41, 5.74) is 1.04. The highest BCUT2D eigenvalue weighted by molar-refractivity contribution is 7.99. The Labute approximate surface area is 165 Å². The summed E-state index contributed by atoms with van der Waals surface area (Å²) in [6.45, 7) is 2.31. The first-order valence-corrected chi connectivity index (χ1v) is 11.0. The number of hydrogen-bond acceptors (Lipinski definition) is 4. The van der Waals surface area contributed by atoms with Crippen LogP contribution in [0.15, 0.2) is 35.5 Å². The van der Waals surface area contributed by atoms with Crippen LogP contribution in [0.3, 0.4) is 0 Å². The molecule has 144 valence electrons. The number of rotatable bonds is 6.